The van der Waals surface area contributed by atoms with Crippen LogP contribution in [0.5, 0.6) is 0 Å². The summed E-state index contributed by atoms with van der Waals surface area (Å²) in [5.41, 5.74) is 16.3. The fourth-order valence-electron chi connectivity index (χ4n) is 4.76. The molecular formula is C23H27N7. The topological polar surface area (TPSA) is 97.8 Å². The first-order valence-electron chi connectivity index (χ1n) is 10.6. The number of hydrogen-bond acceptors (Lipinski definition) is 6. The molecule has 0 atom stereocenters. The van der Waals surface area contributed by atoms with E-state index in [1.165, 1.54) is 12.0 Å². The van der Waals surface area contributed by atoms with E-state index in [0.717, 1.165) is 55.4 Å². The zero-order valence-electron chi connectivity index (χ0n) is 17.0. The number of nitrogens with two attached hydrogens (primary N) is 2. The summed E-state index contributed by atoms with van der Waals surface area (Å²) in [5.74, 6) is 0.684. The van der Waals surface area contributed by atoms with Gasteiger partial charge in [0.25, 0.3) is 0 Å². The van der Waals surface area contributed by atoms with Gasteiger partial charge in [-0.25, -0.2) is 9.98 Å². The quantitative estimate of drug-likeness (QED) is 0.700. The van der Waals surface area contributed by atoms with Crippen molar-refractivity contribution < 1.29 is 0 Å². The van der Waals surface area contributed by atoms with Crippen LogP contribution >= 0.6 is 0 Å². The summed E-state index contributed by atoms with van der Waals surface area (Å²) in [7, 11) is 0. The van der Waals surface area contributed by atoms with Gasteiger partial charge in [0.05, 0.1) is 17.4 Å². The summed E-state index contributed by atoms with van der Waals surface area (Å²) in [6.45, 7) is 0.887. The maximum atomic E-state index is 6.36. The number of imidazole rings is 1. The summed E-state index contributed by atoms with van der Waals surface area (Å²) in [4.78, 5) is 15.7. The van der Waals surface area contributed by atoms with Gasteiger partial charge >= 0.3 is 0 Å². The Kier molecular flexibility index (Phi) is 4.65. The zero-order valence-corrected chi connectivity index (χ0v) is 17.0. The van der Waals surface area contributed by atoms with Crippen molar-refractivity contribution in [1.82, 2.24) is 9.55 Å². The maximum absolute atomic E-state index is 6.36. The van der Waals surface area contributed by atoms with Gasteiger partial charge < -0.3 is 16.0 Å². The highest BCUT2D eigenvalue weighted by atomic mass is 15.4. The summed E-state index contributed by atoms with van der Waals surface area (Å²) in [6, 6.07) is 16.8. The number of guanidine groups is 2. The molecule has 154 valence electrons. The van der Waals surface area contributed by atoms with E-state index < -0.39 is 5.66 Å². The highest BCUT2D eigenvalue weighted by Gasteiger charge is 2.42. The first-order chi connectivity index (χ1) is 14.6. The van der Waals surface area contributed by atoms with Gasteiger partial charge in [-0.05, 0) is 55.9 Å². The second-order valence-corrected chi connectivity index (χ2v) is 8.17. The monoisotopic (exact) mass is 401 g/mol. The van der Waals surface area contributed by atoms with Gasteiger partial charge in [-0.2, -0.15) is 4.99 Å². The van der Waals surface area contributed by atoms with Crippen LogP contribution in [0.2, 0.25) is 0 Å². The molecule has 4 N–H and O–H groups in total. The van der Waals surface area contributed by atoms with Crippen molar-refractivity contribution in [2.24, 2.45) is 21.5 Å². The molecule has 0 radical (unpaired) electrons. The van der Waals surface area contributed by atoms with Crippen LogP contribution in [0.1, 0.15) is 37.7 Å². The second kappa shape index (κ2) is 7.48. The maximum Gasteiger partial charge on any atom is 0.220 e. The van der Waals surface area contributed by atoms with E-state index in [-0.39, 0.29) is 5.96 Å². The van der Waals surface area contributed by atoms with Crippen molar-refractivity contribution in [3.05, 3.63) is 60.4 Å². The van der Waals surface area contributed by atoms with Crippen LogP contribution in [-0.2, 0) is 13.0 Å². The minimum Gasteiger partial charge on any atom is -0.369 e. The van der Waals surface area contributed by atoms with Crippen LogP contribution in [-0.4, -0.2) is 27.1 Å². The van der Waals surface area contributed by atoms with Crippen LogP contribution in [0.4, 0.5) is 5.69 Å². The Morgan fingerprint density at radius 2 is 1.77 bits per heavy atom. The molecule has 7 heteroatoms. The van der Waals surface area contributed by atoms with Gasteiger partial charge in [0.1, 0.15) is 5.66 Å². The fourth-order valence-corrected chi connectivity index (χ4v) is 4.76. The number of benzene rings is 2. The molecule has 2 aromatic carbocycles. The first-order valence-corrected chi connectivity index (χ1v) is 10.6. The summed E-state index contributed by atoms with van der Waals surface area (Å²) < 4.78 is 2.20. The lowest BCUT2D eigenvalue weighted by Gasteiger charge is -2.45. The third-order valence-electron chi connectivity index (χ3n) is 6.20. The van der Waals surface area contributed by atoms with Gasteiger partial charge in [-0.1, -0.05) is 36.8 Å². The molecule has 1 saturated carbocycles. The van der Waals surface area contributed by atoms with Crippen LogP contribution in [0.25, 0.3) is 11.0 Å². The molecule has 1 aliphatic heterocycles. The predicted molar refractivity (Wildman–Crippen MR) is 121 cm³/mol. The first kappa shape index (κ1) is 18.7. The van der Waals surface area contributed by atoms with Crippen LogP contribution in [0.3, 0.4) is 0 Å². The molecule has 2 aliphatic rings. The SMILES string of the molecule is NC1=NC2(CCCCC2)N(c2ccc3c(c2)ncn3CCc2ccccc2)C(N)=N1. The molecule has 0 bridgehead atoms. The summed E-state index contributed by atoms with van der Waals surface area (Å²) >= 11 is 0. The normalized spacial score (nSPS) is 18.5. The lowest BCUT2D eigenvalue weighted by atomic mass is 9.87. The molecule has 3 aromatic rings. The molecule has 2 heterocycles. The highest BCUT2D eigenvalue weighted by molar-refractivity contribution is 6.06. The van der Waals surface area contributed by atoms with E-state index >= 15 is 0 Å². The van der Waals surface area contributed by atoms with Crippen molar-refractivity contribution in [3.8, 4) is 0 Å². The van der Waals surface area contributed by atoms with E-state index in [2.05, 4.69) is 61.9 Å². The Morgan fingerprint density at radius 1 is 0.967 bits per heavy atom. The Balaban J connectivity index is 1.45. The van der Waals surface area contributed by atoms with Gasteiger partial charge in [-0.3, -0.25) is 4.90 Å². The van der Waals surface area contributed by atoms with E-state index in [0.29, 0.717) is 5.96 Å². The molecule has 7 nitrogen and oxygen atoms in total. The predicted octanol–water partition coefficient (Wildman–Crippen LogP) is 3.39. The average molecular weight is 402 g/mol. The molecule has 1 fully saturated rings. The fraction of sp³-hybridized carbons (Fsp3) is 0.348. The zero-order chi connectivity index (χ0) is 20.6. The number of hydrogen-bond donors (Lipinski definition) is 2. The molecule has 1 aromatic heterocycles. The van der Waals surface area contributed by atoms with Crippen molar-refractivity contribution in [2.45, 2.75) is 50.7 Å². The third kappa shape index (κ3) is 3.30. The summed E-state index contributed by atoms with van der Waals surface area (Å²) in [5, 5.41) is 0. The summed E-state index contributed by atoms with van der Waals surface area (Å²) in [6.07, 6.45) is 8.16. The Hall–Kier alpha value is -3.35. The van der Waals surface area contributed by atoms with Crippen molar-refractivity contribution in [1.29, 1.82) is 0 Å². The lowest BCUT2D eigenvalue weighted by molar-refractivity contribution is 0.305. The minimum atomic E-state index is -0.433. The molecule has 30 heavy (non-hydrogen) atoms. The van der Waals surface area contributed by atoms with Gasteiger partial charge in [-0.15, -0.1) is 0 Å². The van der Waals surface area contributed by atoms with Crippen molar-refractivity contribution in [3.63, 3.8) is 0 Å². The lowest BCUT2D eigenvalue weighted by Crippen LogP contribution is -2.58. The molecular weight excluding hydrogens is 374 g/mol. The number of aromatic nitrogens is 2. The number of nitrogens with zero attached hydrogens (tertiary/aromatic N) is 5. The molecule has 0 amide bonds. The van der Waals surface area contributed by atoms with Gasteiger partial charge in [0.15, 0.2) is 0 Å². The van der Waals surface area contributed by atoms with Gasteiger partial charge in [0.2, 0.25) is 11.9 Å². The smallest absolute Gasteiger partial charge is 0.220 e. The largest absolute Gasteiger partial charge is 0.369 e. The molecule has 0 saturated heterocycles. The molecule has 1 spiro atoms. The second-order valence-electron chi connectivity index (χ2n) is 8.17. The van der Waals surface area contributed by atoms with E-state index in [1.807, 2.05) is 12.4 Å². The Morgan fingerprint density at radius 3 is 2.57 bits per heavy atom. The van der Waals surface area contributed by atoms with E-state index in [9.17, 15) is 0 Å². The number of rotatable bonds is 4. The van der Waals surface area contributed by atoms with Crippen molar-refractivity contribution >= 4 is 28.6 Å². The number of aliphatic imine (C=N–C) groups is 2. The van der Waals surface area contributed by atoms with Crippen LogP contribution in [0, 0.1) is 0 Å². The van der Waals surface area contributed by atoms with E-state index in [4.69, 9.17) is 16.5 Å². The molecule has 0 unspecified atom stereocenters. The van der Waals surface area contributed by atoms with Crippen LogP contribution < -0.4 is 16.4 Å². The van der Waals surface area contributed by atoms with E-state index in [1.54, 1.807) is 0 Å². The number of aryl methyl sites for hydroxylation is 2. The molecule has 1 aliphatic carbocycles. The Labute approximate surface area is 176 Å². The van der Waals surface area contributed by atoms with Crippen molar-refractivity contribution in [2.75, 3.05) is 4.90 Å². The van der Waals surface area contributed by atoms with Crippen LogP contribution in [0.15, 0.2) is 64.8 Å². The van der Waals surface area contributed by atoms with Gasteiger partial charge in [0, 0.05) is 12.2 Å². The highest BCUT2D eigenvalue weighted by Crippen LogP contribution is 2.40. The molecule has 5 rings (SSSR count). The number of fused-ring (bicyclic) bond motifs is 1. The standard InChI is InChI=1S/C23H27N7/c24-21-27-22(25)30(23(28-21)12-5-2-6-13-23)18-9-10-20-19(15-18)26-16-29(20)14-11-17-7-3-1-4-8-17/h1,3-4,7-10,15-16H,2,5-6,11-14H2,(H4,24,25,27,28). The average Bonchev–Trinajstić information content (AvgIpc) is 3.15. The third-order valence-corrected chi connectivity index (χ3v) is 6.20. The number of anilines is 1. The Bertz CT molecular complexity index is 1110. The minimum absolute atomic E-state index is 0.275.